The van der Waals surface area contributed by atoms with E-state index in [0.29, 0.717) is 11.1 Å². The molecular weight excluding hydrogens is 199 g/mol. The molecule has 0 radical (unpaired) electrons. The summed E-state index contributed by atoms with van der Waals surface area (Å²) in [6.45, 7) is -0.273. The minimum absolute atomic E-state index is 0.273. The van der Waals surface area contributed by atoms with Crippen LogP contribution in [0, 0.1) is 17.7 Å². The number of halogens is 1. The third-order valence-electron chi connectivity index (χ3n) is 1.63. The fourth-order valence-electron chi connectivity index (χ4n) is 0.988. The normalized spacial score (nSPS) is 9.00. The van der Waals surface area contributed by atoms with Crippen molar-refractivity contribution in [3.8, 4) is 11.8 Å². The fraction of sp³-hybridized carbons (Fsp3) is 0.182. The topological polar surface area (TPSA) is 46.5 Å². The second-order valence-electron chi connectivity index (χ2n) is 2.75. The van der Waals surface area contributed by atoms with Gasteiger partial charge in [-0.05, 0) is 23.8 Å². The summed E-state index contributed by atoms with van der Waals surface area (Å²) in [7, 11) is 1.21. The van der Waals surface area contributed by atoms with Gasteiger partial charge in [0, 0.05) is 11.5 Å². The number of carbonyl (C=O) groups is 1. The molecule has 0 saturated carbocycles. The second kappa shape index (κ2) is 5.13. The maximum Gasteiger partial charge on any atom is 0.384 e. The number of benzene rings is 1. The van der Waals surface area contributed by atoms with Crippen molar-refractivity contribution in [2.75, 3.05) is 7.11 Å². The first kappa shape index (κ1) is 11.2. The third kappa shape index (κ3) is 3.41. The third-order valence-corrected chi connectivity index (χ3v) is 1.63. The molecule has 4 heteroatoms. The summed E-state index contributed by atoms with van der Waals surface area (Å²) in [4.78, 5) is 10.7. The predicted octanol–water partition coefficient (Wildman–Crippen LogP) is 0.843. The Bertz CT molecular complexity index is 429. The molecule has 0 aliphatic carbocycles. The van der Waals surface area contributed by atoms with E-state index in [1.54, 1.807) is 0 Å². The van der Waals surface area contributed by atoms with Crippen molar-refractivity contribution < 1.29 is 19.0 Å². The summed E-state index contributed by atoms with van der Waals surface area (Å²) >= 11 is 0. The number of carbonyl (C=O) groups excluding carboxylic acids is 1. The van der Waals surface area contributed by atoms with Gasteiger partial charge in [0.1, 0.15) is 5.82 Å². The summed E-state index contributed by atoms with van der Waals surface area (Å²) in [5.74, 6) is 3.41. The van der Waals surface area contributed by atoms with Crippen LogP contribution in [0.3, 0.4) is 0 Å². The SMILES string of the molecule is COC(=O)C#Cc1cc(F)cc(CO)c1. The van der Waals surface area contributed by atoms with E-state index in [4.69, 9.17) is 5.11 Å². The molecule has 0 heterocycles. The molecule has 78 valence electrons. The van der Waals surface area contributed by atoms with Crippen LogP contribution in [0.4, 0.5) is 4.39 Å². The highest BCUT2D eigenvalue weighted by Crippen LogP contribution is 2.08. The van der Waals surface area contributed by atoms with Crippen molar-refractivity contribution >= 4 is 5.97 Å². The molecule has 0 aromatic heterocycles. The van der Waals surface area contributed by atoms with E-state index in [-0.39, 0.29) is 6.61 Å². The van der Waals surface area contributed by atoms with E-state index in [1.807, 2.05) is 0 Å². The van der Waals surface area contributed by atoms with Crippen LogP contribution in [0.1, 0.15) is 11.1 Å². The quantitative estimate of drug-likeness (QED) is 0.549. The van der Waals surface area contributed by atoms with E-state index in [9.17, 15) is 9.18 Å². The minimum Gasteiger partial charge on any atom is -0.459 e. The summed E-state index contributed by atoms with van der Waals surface area (Å²) in [6.07, 6.45) is 0. The van der Waals surface area contributed by atoms with Gasteiger partial charge in [-0.1, -0.05) is 5.92 Å². The maximum atomic E-state index is 12.9. The van der Waals surface area contributed by atoms with Gasteiger partial charge in [0.2, 0.25) is 0 Å². The molecule has 0 unspecified atom stereocenters. The molecule has 3 nitrogen and oxygen atoms in total. The van der Waals surface area contributed by atoms with Crippen molar-refractivity contribution in [2.24, 2.45) is 0 Å². The van der Waals surface area contributed by atoms with Crippen LogP contribution in [-0.4, -0.2) is 18.2 Å². The standard InChI is InChI=1S/C11H9FO3/c1-15-11(14)3-2-8-4-9(7-13)6-10(12)5-8/h4-6,13H,7H2,1H3. The van der Waals surface area contributed by atoms with Crippen LogP contribution in [0.5, 0.6) is 0 Å². The molecular formula is C11H9FO3. The van der Waals surface area contributed by atoms with Gasteiger partial charge in [-0.25, -0.2) is 9.18 Å². The van der Waals surface area contributed by atoms with Crippen molar-refractivity contribution in [3.05, 3.63) is 35.1 Å². The van der Waals surface area contributed by atoms with E-state index in [1.165, 1.54) is 25.3 Å². The van der Waals surface area contributed by atoms with E-state index in [2.05, 4.69) is 16.6 Å². The van der Waals surface area contributed by atoms with Crippen LogP contribution in [0.2, 0.25) is 0 Å². The lowest BCUT2D eigenvalue weighted by atomic mass is 10.1. The monoisotopic (exact) mass is 208 g/mol. The molecule has 0 saturated heterocycles. The zero-order valence-electron chi connectivity index (χ0n) is 8.08. The molecule has 0 aliphatic rings. The molecule has 15 heavy (non-hydrogen) atoms. The van der Waals surface area contributed by atoms with E-state index in [0.717, 1.165) is 0 Å². The van der Waals surface area contributed by atoms with Crippen molar-refractivity contribution in [1.82, 2.24) is 0 Å². The number of hydrogen-bond donors (Lipinski definition) is 1. The number of methoxy groups -OCH3 is 1. The Morgan fingerprint density at radius 3 is 2.87 bits per heavy atom. The Balaban J connectivity index is 2.98. The molecule has 0 bridgehead atoms. The summed E-state index contributed by atoms with van der Waals surface area (Å²) in [6, 6.07) is 3.87. The summed E-state index contributed by atoms with van der Waals surface area (Å²) in [5.41, 5.74) is 0.730. The molecule has 0 fully saturated rings. The van der Waals surface area contributed by atoms with Crippen LogP contribution >= 0.6 is 0 Å². The van der Waals surface area contributed by atoms with Gasteiger partial charge in [0.05, 0.1) is 13.7 Å². The van der Waals surface area contributed by atoms with Crippen LogP contribution in [0.15, 0.2) is 18.2 Å². The van der Waals surface area contributed by atoms with E-state index < -0.39 is 11.8 Å². The molecule has 0 atom stereocenters. The average Bonchev–Trinajstić information content (AvgIpc) is 2.25. The van der Waals surface area contributed by atoms with Crippen molar-refractivity contribution in [3.63, 3.8) is 0 Å². The summed E-state index contributed by atoms with van der Waals surface area (Å²) < 4.78 is 17.2. The lowest BCUT2D eigenvalue weighted by molar-refractivity contribution is -0.133. The van der Waals surface area contributed by atoms with E-state index >= 15 is 0 Å². The first-order valence-corrected chi connectivity index (χ1v) is 4.16. The number of ether oxygens (including phenoxy) is 1. The Morgan fingerprint density at radius 1 is 1.53 bits per heavy atom. The maximum absolute atomic E-state index is 12.9. The van der Waals surface area contributed by atoms with Gasteiger partial charge in [-0.3, -0.25) is 0 Å². The van der Waals surface area contributed by atoms with Gasteiger partial charge in [-0.2, -0.15) is 0 Å². The lowest BCUT2D eigenvalue weighted by Gasteiger charge is -1.97. The van der Waals surface area contributed by atoms with Gasteiger partial charge in [-0.15, -0.1) is 0 Å². The largest absolute Gasteiger partial charge is 0.459 e. The van der Waals surface area contributed by atoms with Gasteiger partial charge < -0.3 is 9.84 Å². The highest BCUT2D eigenvalue weighted by atomic mass is 19.1. The molecule has 1 aromatic carbocycles. The highest BCUT2D eigenvalue weighted by Gasteiger charge is 1.98. The molecule has 0 aliphatic heterocycles. The zero-order chi connectivity index (χ0) is 11.3. The fourth-order valence-corrected chi connectivity index (χ4v) is 0.988. The van der Waals surface area contributed by atoms with Crippen molar-refractivity contribution in [2.45, 2.75) is 6.61 Å². The smallest absolute Gasteiger partial charge is 0.384 e. The van der Waals surface area contributed by atoms with Crippen LogP contribution in [0.25, 0.3) is 0 Å². The molecule has 1 N–H and O–H groups in total. The van der Waals surface area contributed by atoms with Gasteiger partial charge in [0.15, 0.2) is 0 Å². The Labute approximate surface area is 86.5 Å². The molecule has 0 amide bonds. The van der Waals surface area contributed by atoms with Gasteiger partial charge >= 0.3 is 5.97 Å². The van der Waals surface area contributed by atoms with Crippen LogP contribution in [-0.2, 0) is 16.1 Å². The molecule has 1 aromatic rings. The predicted molar refractivity (Wildman–Crippen MR) is 51.2 cm³/mol. The first-order valence-electron chi connectivity index (χ1n) is 4.16. The summed E-state index contributed by atoms with van der Waals surface area (Å²) in [5, 5.41) is 8.80. The van der Waals surface area contributed by atoms with Gasteiger partial charge in [0.25, 0.3) is 0 Å². The molecule has 0 spiro atoms. The Hall–Kier alpha value is -1.86. The number of aliphatic hydroxyl groups is 1. The van der Waals surface area contributed by atoms with Crippen molar-refractivity contribution in [1.29, 1.82) is 0 Å². The highest BCUT2D eigenvalue weighted by molar-refractivity contribution is 5.88. The molecule has 1 rings (SSSR count). The minimum atomic E-state index is -0.690. The number of rotatable bonds is 1. The Morgan fingerprint density at radius 2 is 2.27 bits per heavy atom. The number of hydrogen-bond acceptors (Lipinski definition) is 3. The number of aliphatic hydroxyl groups excluding tert-OH is 1. The van der Waals surface area contributed by atoms with Crippen LogP contribution < -0.4 is 0 Å². The lowest BCUT2D eigenvalue weighted by Crippen LogP contribution is -1.95. The first-order chi connectivity index (χ1) is 7.15. The Kier molecular flexibility index (Phi) is 3.83. The second-order valence-corrected chi connectivity index (χ2v) is 2.75. The average molecular weight is 208 g/mol. The number of esters is 1. The zero-order valence-corrected chi connectivity index (χ0v) is 8.08.